The van der Waals surface area contributed by atoms with Crippen molar-refractivity contribution >= 4 is 11.3 Å². The summed E-state index contributed by atoms with van der Waals surface area (Å²) >= 11 is 0. The third kappa shape index (κ3) is 7.05. The molecule has 1 aliphatic heterocycles. The fourth-order valence-corrected chi connectivity index (χ4v) is 5.67. The molecular weight excluding hydrogens is 632 g/mol. The zero-order valence-electron chi connectivity index (χ0n) is 26.0. The van der Waals surface area contributed by atoms with Crippen molar-refractivity contribution in [2.24, 2.45) is 5.92 Å². The van der Waals surface area contributed by atoms with Crippen molar-refractivity contribution in [3.05, 3.63) is 128 Å². The zero-order chi connectivity index (χ0) is 33.8. The number of aryl methyl sites for hydroxylation is 1. The SMILES string of the molecule is CCCc1nnc2c(=O)n(Cc3ccccc3C(F)(F)F)ccn12.O=c1c2nnc(CC3CCOC3)n2ccn1Cc1cccc(F)c1. The van der Waals surface area contributed by atoms with Crippen LogP contribution in [-0.4, -0.2) is 51.5 Å². The molecule has 0 amide bonds. The van der Waals surface area contributed by atoms with Gasteiger partial charge < -0.3 is 13.9 Å². The largest absolute Gasteiger partial charge is 0.416 e. The van der Waals surface area contributed by atoms with E-state index in [-0.39, 0.29) is 29.1 Å². The number of benzene rings is 2. The molecule has 5 heterocycles. The molecule has 0 bridgehead atoms. The number of alkyl halides is 3. The Morgan fingerprint density at radius 2 is 1.50 bits per heavy atom. The van der Waals surface area contributed by atoms with Crippen molar-refractivity contribution in [2.75, 3.05) is 13.2 Å². The monoisotopic (exact) mass is 664 g/mol. The molecule has 6 aromatic rings. The van der Waals surface area contributed by atoms with Gasteiger partial charge in [0.15, 0.2) is 0 Å². The Morgan fingerprint density at radius 1 is 0.833 bits per heavy atom. The highest BCUT2D eigenvalue weighted by Crippen LogP contribution is 2.32. The minimum Gasteiger partial charge on any atom is -0.381 e. The van der Waals surface area contributed by atoms with E-state index in [1.54, 1.807) is 39.5 Å². The highest BCUT2D eigenvalue weighted by atomic mass is 19.4. The summed E-state index contributed by atoms with van der Waals surface area (Å²) in [5.74, 6) is 1.54. The second-order valence-corrected chi connectivity index (χ2v) is 11.6. The molecule has 1 fully saturated rings. The number of ether oxygens (including phenoxy) is 1. The molecule has 1 saturated heterocycles. The lowest BCUT2D eigenvalue weighted by atomic mass is 10.1. The van der Waals surface area contributed by atoms with Crippen LogP contribution in [0.4, 0.5) is 17.6 Å². The van der Waals surface area contributed by atoms with E-state index in [9.17, 15) is 27.2 Å². The Morgan fingerprint density at radius 3 is 2.15 bits per heavy atom. The number of hydrogen-bond acceptors (Lipinski definition) is 7. The molecule has 48 heavy (non-hydrogen) atoms. The quantitative estimate of drug-likeness (QED) is 0.219. The highest BCUT2D eigenvalue weighted by Gasteiger charge is 2.33. The number of hydrogen-bond donors (Lipinski definition) is 0. The molecule has 11 nitrogen and oxygen atoms in total. The van der Waals surface area contributed by atoms with Gasteiger partial charge in [0.2, 0.25) is 11.3 Å². The van der Waals surface area contributed by atoms with Gasteiger partial charge in [-0.15, -0.1) is 20.4 Å². The first kappa shape index (κ1) is 32.7. The van der Waals surface area contributed by atoms with Gasteiger partial charge in [-0.1, -0.05) is 37.3 Å². The summed E-state index contributed by atoms with van der Waals surface area (Å²) in [6, 6.07) is 11.4. The number of nitrogens with zero attached hydrogens (tertiary/aromatic N) is 8. The third-order valence-electron chi connectivity index (χ3n) is 8.10. The number of halogens is 4. The predicted molar refractivity (Wildman–Crippen MR) is 167 cm³/mol. The molecule has 1 atom stereocenters. The Labute approximate surface area is 271 Å². The highest BCUT2D eigenvalue weighted by molar-refractivity contribution is 5.37. The van der Waals surface area contributed by atoms with Gasteiger partial charge in [-0.3, -0.25) is 18.4 Å². The maximum atomic E-state index is 13.3. The molecule has 1 unspecified atom stereocenters. The summed E-state index contributed by atoms with van der Waals surface area (Å²) in [4.78, 5) is 25.1. The van der Waals surface area contributed by atoms with Gasteiger partial charge in [0.1, 0.15) is 17.5 Å². The first-order valence-electron chi connectivity index (χ1n) is 15.5. The molecule has 1 aliphatic rings. The fourth-order valence-electron chi connectivity index (χ4n) is 5.67. The van der Waals surface area contributed by atoms with Crippen molar-refractivity contribution < 1.29 is 22.3 Å². The van der Waals surface area contributed by atoms with Crippen LogP contribution in [0.15, 0.2) is 82.9 Å². The number of fused-ring (bicyclic) bond motifs is 2. The third-order valence-corrected chi connectivity index (χ3v) is 8.10. The Bertz CT molecular complexity index is 2160. The molecule has 250 valence electrons. The lowest BCUT2D eigenvalue weighted by Crippen LogP contribution is -2.24. The normalized spacial score (nSPS) is 14.8. The first-order chi connectivity index (χ1) is 23.1. The summed E-state index contributed by atoms with van der Waals surface area (Å²) in [7, 11) is 0. The minimum atomic E-state index is -4.46. The molecule has 0 aliphatic carbocycles. The molecular formula is C33H32F4N8O3. The minimum absolute atomic E-state index is 0.0322. The van der Waals surface area contributed by atoms with Gasteiger partial charge in [0.05, 0.1) is 18.7 Å². The standard InChI is InChI=1S/C17H17FN4O2.C16H15F3N4O/c18-14-3-1-2-12(8-14)10-21-5-6-22-15(9-13-4-7-24-11-13)19-20-16(22)17(21)23;1-2-5-13-20-21-14-15(24)22(8-9-23(13)14)10-11-6-3-4-7-12(11)16(17,18)19/h1-3,5-6,8,13H,4,7,9-11H2;3-4,6-9H,2,5,10H2,1H3. The number of rotatable bonds is 8. The van der Waals surface area contributed by atoms with Crippen LogP contribution in [0.5, 0.6) is 0 Å². The lowest BCUT2D eigenvalue weighted by Gasteiger charge is -2.13. The Balaban J connectivity index is 0.000000167. The van der Waals surface area contributed by atoms with Crippen molar-refractivity contribution in [1.82, 2.24) is 38.3 Å². The van der Waals surface area contributed by atoms with Gasteiger partial charge in [-0.2, -0.15) is 13.2 Å². The Hall–Kier alpha value is -5.18. The summed E-state index contributed by atoms with van der Waals surface area (Å²) < 4.78 is 64.0. The number of aromatic nitrogens is 8. The van der Waals surface area contributed by atoms with Crippen LogP contribution >= 0.6 is 0 Å². The van der Waals surface area contributed by atoms with Crippen LogP contribution in [0, 0.1) is 11.7 Å². The summed E-state index contributed by atoms with van der Waals surface area (Å²) in [6.07, 6.45) is 5.36. The van der Waals surface area contributed by atoms with E-state index in [2.05, 4.69) is 20.4 Å². The fraction of sp³-hybridized carbons (Fsp3) is 0.333. The van der Waals surface area contributed by atoms with Crippen LogP contribution in [0.1, 0.15) is 48.1 Å². The second kappa shape index (κ2) is 13.9. The lowest BCUT2D eigenvalue weighted by molar-refractivity contribution is -0.138. The molecule has 0 saturated carbocycles. The molecule has 0 N–H and O–H groups in total. The first-order valence-corrected chi connectivity index (χ1v) is 15.5. The van der Waals surface area contributed by atoms with Crippen molar-refractivity contribution in [1.29, 1.82) is 0 Å². The topological polar surface area (TPSA) is 114 Å². The van der Waals surface area contributed by atoms with Crippen molar-refractivity contribution in [3.63, 3.8) is 0 Å². The van der Waals surface area contributed by atoms with Gasteiger partial charge in [0.25, 0.3) is 11.1 Å². The van der Waals surface area contributed by atoms with E-state index >= 15 is 0 Å². The van der Waals surface area contributed by atoms with Crippen LogP contribution in [0.3, 0.4) is 0 Å². The van der Waals surface area contributed by atoms with E-state index in [4.69, 9.17) is 4.74 Å². The van der Waals surface area contributed by atoms with Crippen LogP contribution in [0.25, 0.3) is 11.3 Å². The summed E-state index contributed by atoms with van der Waals surface area (Å²) in [5, 5.41) is 16.0. The van der Waals surface area contributed by atoms with Crippen molar-refractivity contribution in [2.45, 2.75) is 51.9 Å². The average molecular weight is 665 g/mol. The van der Waals surface area contributed by atoms with Crippen LogP contribution in [-0.2, 0) is 36.8 Å². The molecule has 4 aromatic heterocycles. The summed E-state index contributed by atoms with van der Waals surface area (Å²) in [5.41, 5.74) is -0.278. The van der Waals surface area contributed by atoms with Crippen molar-refractivity contribution in [3.8, 4) is 0 Å². The van der Waals surface area contributed by atoms with E-state index in [1.807, 2.05) is 6.92 Å². The van der Waals surface area contributed by atoms with Gasteiger partial charge >= 0.3 is 6.18 Å². The van der Waals surface area contributed by atoms with E-state index in [0.29, 0.717) is 30.4 Å². The smallest absolute Gasteiger partial charge is 0.381 e. The second-order valence-electron chi connectivity index (χ2n) is 11.6. The predicted octanol–water partition coefficient (Wildman–Crippen LogP) is 4.57. The van der Waals surface area contributed by atoms with E-state index in [0.717, 1.165) is 49.9 Å². The maximum Gasteiger partial charge on any atom is 0.416 e. The van der Waals surface area contributed by atoms with E-state index < -0.39 is 17.3 Å². The molecule has 0 spiro atoms. The zero-order valence-corrected chi connectivity index (χ0v) is 26.0. The van der Waals surface area contributed by atoms with Crippen LogP contribution < -0.4 is 11.1 Å². The van der Waals surface area contributed by atoms with Crippen LogP contribution in [0.2, 0.25) is 0 Å². The van der Waals surface area contributed by atoms with Gasteiger partial charge in [0, 0.05) is 50.8 Å². The molecule has 15 heteroatoms. The Kier molecular flexibility index (Phi) is 9.48. The molecule has 7 rings (SSSR count). The van der Waals surface area contributed by atoms with Gasteiger partial charge in [-0.05, 0) is 48.1 Å². The molecule has 0 radical (unpaired) electrons. The van der Waals surface area contributed by atoms with Gasteiger partial charge in [-0.25, -0.2) is 4.39 Å². The average Bonchev–Trinajstić information content (AvgIpc) is 3.82. The summed E-state index contributed by atoms with van der Waals surface area (Å²) in [6.45, 7) is 3.61. The molecule has 2 aromatic carbocycles. The maximum absolute atomic E-state index is 13.3. The van der Waals surface area contributed by atoms with E-state index in [1.165, 1.54) is 45.7 Å².